The summed E-state index contributed by atoms with van der Waals surface area (Å²) in [5, 5.41) is 12.2. The smallest absolute Gasteiger partial charge is 0.280 e. The van der Waals surface area contributed by atoms with E-state index in [2.05, 4.69) is 20.5 Å². The number of fused-ring (bicyclic) bond motifs is 1. The molecular weight excluding hydrogens is 564 g/mol. The van der Waals surface area contributed by atoms with Crippen LogP contribution in [0.3, 0.4) is 0 Å². The predicted molar refractivity (Wildman–Crippen MR) is 147 cm³/mol. The Labute approximate surface area is 235 Å². The molecule has 0 radical (unpaired) electrons. The van der Waals surface area contributed by atoms with E-state index in [0.29, 0.717) is 33.0 Å². The summed E-state index contributed by atoms with van der Waals surface area (Å²) in [6.45, 7) is 3.60. The summed E-state index contributed by atoms with van der Waals surface area (Å²) >= 11 is 6.87. The fourth-order valence-electron chi connectivity index (χ4n) is 4.18. The van der Waals surface area contributed by atoms with Gasteiger partial charge in [0.25, 0.3) is 18.2 Å². The van der Waals surface area contributed by atoms with Crippen LogP contribution in [-0.4, -0.2) is 36.4 Å². The molecule has 206 valence electrons. The number of pyridine rings is 1. The predicted octanol–water partition coefficient (Wildman–Crippen LogP) is 5.49. The van der Waals surface area contributed by atoms with Crippen molar-refractivity contribution >= 4 is 50.7 Å². The summed E-state index contributed by atoms with van der Waals surface area (Å²) in [6.07, 6.45) is 0.357. The third-order valence-corrected chi connectivity index (χ3v) is 7.56. The maximum Gasteiger partial charge on any atom is 0.280 e. The molecule has 5 aromatic rings. The Bertz CT molecular complexity index is 1780. The normalized spacial score (nSPS) is 11.4. The number of halogens is 3. The lowest BCUT2D eigenvalue weighted by Gasteiger charge is -2.10. The molecule has 0 aliphatic rings. The van der Waals surface area contributed by atoms with Crippen LogP contribution in [-0.2, 0) is 13.8 Å². The number of nitrogens with two attached hydrogens (primary N) is 1. The number of carbonyl (C=O) groups is 2. The number of thiophene rings is 1. The molecule has 3 N–H and O–H groups in total. The highest BCUT2D eigenvalue weighted by atomic mass is 35.5. The van der Waals surface area contributed by atoms with E-state index >= 15 is 0 Å². The lowest BCUT2D eigenvalue weighted by molar-refractivity contribution is 0.100. The van der Waals surface area contributed by atoms with Crippen molar-refractivity contribution in [2.75, 3.05) is 5.32 Å². The van der Waals surface area contributed by atoms with E-state index in [-0.39, 0.29) is 27.8 Å². The second-order valence-electron chi connectivity index (χ2n) is 8.93. The van der Waals surface area contributed by atoms with Gasteiger partial charge in [0.05, 0.1) is 11.4 Å². The molecule has 0 aliphatic heterocycles. The first-order valence-electron chi connectivity index (χ1n) is 11.8. The third-order valence-electron chi connectivity index (χ3n) is 6.04. The first-order valence-corrected chi connectivity index (χ1v) is 13.0. The number of rotatable bonds is 8. The van der Waals surface area contributed by atoms with Crippen LogP contribution in [0.1, 0.15) is 43.5 Å². The van der Waals surface area contributed by atoms with Gasteiger partial charge in [0.2, 0.25) is 0 Å². The Morgan fingerprint density at radius 3 is 2.60 bits per heavy atom. The number of ether oxygens (including phenoxy) is 1. The van der Waals surface area contributed by atoms with Gasteiger partial charge in [-0.2, -0.15) is 10.2 Å². The van der Waals surface area contributed by atoms with E-state index in [9.17, 15) is 18.4 Å². The first kappa shape index (κ1) is 27.2. The van der Waals surface area contributed by atoms with Crippen molar-refractivity contribution in [3.05, 3.63) is 75.3 Å². The number of aryl methyl sites for hydroxylation is 3. The van der Waals surface area contributed by atoms with E-state index in [1.54, 1.807) is 49.2 Å². The minimum absolute atomic E-state index is 0.0209. The summed E-state index contributed by atoms with van der Waals surface area (Å²) < 4.78 is 36.1. The van der Waals surface area contributed by atoms with Crippen LogP contribution < -0.4 is 15.8 Å². The number of primary amides is 1. The van der Waals surface area contributed by atoms with Gasteiger partial charge in [-0.3, -0.25) is 14.3 Å². The molecule has 40 heavy (non-hydrogen) atoms. The number of amides is 2. The molecule has 4 aromatic heterocycles. The van der Waals surface area contributed by atoms with E-state index < -0.39 is 23.9 Å². The molecule has 0 aliphatic carbocycles. The zero-order valence-electron chi connectivity index (χ0n) is 21.4. The average Bonchev–Trinajstić information content (AvgIpc) is 3.61. The summed E-state index contributed by atoms with van der Waals surface area (Å²) in [5.74, 6) is -0.911. The van der Waals surface area contributed by atoms with Crippen molar-refractivity contribution in [2.45, 2.75) is 27.0 Å². The van der Waals surface area contributed by atoms with Crippen LogP contribution >= 0.6 is 22.9 Å². The van der Waals surface area contributed by atoms with Gasteiger partial charge in [0, 0.05) is 35.4 Å². The second kappa shape index (κ2) is 10.7. The maximum absolute atomic E-state index is 13.7. The van der Waals surface area contributed by atoms with Crippen molar-refractivity contribution in [1.82, 2.24) is 24.5 Å². The summed E-state index contributed by atoms with van der Waals surface area (Å²) in [7, 11) is 1.70. The highest BCUT2D eigenvalue weighted by Crippen LogP contribution is 2.43. The van der Waals surface area contributed by atoms with Crippen molar-refractivity contribution in [1.29, 1.82) is 0 Å². The van der Waals surface area contributed by atoms with Crippen LogP contribution in [0.5, 0.6) is 5.75 Å². The largest absolute Gasteiger partial charge is 0.471 e. The monoisotopic (exact) mass is 585 g/mol. The molecule has 0 unspecified atom stereocenters. The van der Waals surface area contributed by atoms with E-state index in [1.165, 1.54) is 16.8 Å². The number of nitrogens with zero attached hydrogens (tertiary/aromatic N) is 5. The lowest BCUT2D eigenvalue weighted by Crippen LogP contribution is -2.18. The molecule has 10 nitrogen and oxygen atoms in total. The SMILES string of the molecule is Cc1cc(OCn2ccc(C(=O)Nc3c(C(N)=O)sc4nc(C(F)F)cc(-c5cn(C)nc5C)c34)n2)ccc1Cl. The van der Waals surface area contributed by atoms with Crippen LogP contribution in [0.25, 0.3) is 21.3 Å². The molecule has 14 heteroatoms. The molecule has 0 saturated carbocycles. The zero-order valence-corrected chi connectivity index (χ0v) is 23.0. The Hall–Kier alpha value is -4.36. The molecule has 1 aromatic carbocycles. The summed E-state index contributed by atoms with van der Waals surface area (Å²) in [5.41, 5.74) is 7.52. The number of hydrogen-bond acceptors (Lipinski definition) is 7. The Balaban J connectivity index is 1.50. The number of hydrogen-bond donors (Lipinski definition) is 2. The standard InChI is InChI=1S/C26H22ClF2N7O3S/c1-12-8-14(4-5-17(12)27)39-11-36-7-6-18(34-36)25(38)32-21-20-15(16-10-35(3)33-13(16)2)9-19(23(28)29)31-26(20)40-22(21)24(30)37/h4-10,23H,11H2,1-3H3,(H2,30,37)(H,32,38). The minimum Gasteiger partial charge on any atom is -0.471 e. The quantitative estimate of drug-likeness (QED) is 0.248. The van der Waals surface area contributed by atoms with Crippen LogP contribution in [0.2, 0.25) is 5.02 Å². The molecular formula is C26H22ClF2N7O3S. The summed E-state index contributed by atoms with van der Waals surface area (Å²) in [4.78, 5) is 29.7. The third kappa shape index (κ3) is 5.25. The van der Waals surface area contributed by atoms with E-state index in [4.69, 9.17) is 22.1 Å². The molecule has 0 fully saturated rings. The first-order chi connectivity index (χ1) is 19.0. The van der Waals surface area contributed by atoms with Gasteiger partial charge in [-0.15, -0.1) is 11.3 Å². The molecule has 0 spiro atoms. The van der Waals surface area contributed by atoms with Crippen molar-refractivity contribution in [2.24, 2.45) is 12.8 Å². The molecule has 0 atom stereocenters. The fraction of sp³-hybridized carbons (Fsp3) is 0.192. The van der Waals surface area contributed by atoms with Gasteiger partial charge >= 0.3 is 0 Å². The molecule has 0 bridgehead atoms. The van der Waals surface area contributed by atoms with Gasteiger partial charge in [-0.1, -0.05) is 11.6 Å². The van der Waals surface area contributed by atoms with Crippen LogP contribution in [0.4, 0.5) is 14.5 Å². The number of nitrogens with one attached hydrogen (secondary N) is 1. The van der Waals surface area contributed by atoms with Gasteiger partial charge in [-0.05, 0) is 55.3 Å². The Morgan fingerprint density at radius 1 is 1.18 bits per heavy atom. The molecule has 0 saturated heterocycles. The molecule has 4 heterocycles. The Morgan fingerprint density at radius 2 is 1.95 bits per heavy atom. The van der Waals surface area contributed by atoms with Crippen LogP contribution in [0.15, 0.2) is 42.7 Å². The fourth-order valence-corrected chi connectivity index (χ4v) is 5.31. The maximum atomic E-state index is 13.7. The van der Waals surface area contributed by atoms with Crippen molar-refractivity contribution in [3.63, 3.8) is 0 Å². The molecule has 2 amide bonds. The number of benzene rings is 1. The highest BCUT2D eigenvalue weighted by molar-refractivity contribution is 7.21. The topological polar surface area (TPSA) is 130 Å². The van der Waals surface area contributed by atoms with Crippen LogP contribution in [0, 0.1) is 13.8 Å². The van der Waals surface area contributed by atoms with Gasteiger partial charge < -0.3 is 15.8 Å². The molecule has 5 rings (SSSR count). The average molecular weight is 586 g/mol. The number of alkyl halides is 2. The number of anilines is 1. The minimum atomic E-state index is -2.86. The van der Waals surface area contributed by atoms with Crippen molar-refractivity contribution < 1.29 is 23.1 Å². The van der Waals surface area contributed by atoms with E-state index in [0.717, 1.165) is 16.9 Å². The van der Waals surface area contributed by atoms with Gasteiger partial charge in [0.1, 0.15) is 21.2 Å². The summed E-state index contributed by atoms with van der Waals surface area (Å²) in [6, 6.07) is 7.92. The zero-order chi connectivity index (χ0) is 28.7. The van der Waals surface area contributed by atoms with Crippen molar-refractivity contribution in [3.8, 4) is 16.9 Å². The lowest BCUT2D eigenvalue weighted by atomic mass is 10.0. The van der Waals surface area contributed by atoms with E-state index in [1.807, 2.05) is 6.92 Å². The number of aromatic nitrogens is 5. The number of carbonyl (C=O) groups excluding carboxylic acids is 2. The van der Waals surface area contributed by atoms with Gasteiger partial charge in [-0.25, -0.2) is 18.4 Å². The van der Waals surface area contributed by atoms with Gasteiger partial charge in [0.15, 0.2) is 12.4 Å². The second-order valence-corrected chi connectivity index (χ2v) is 10.3. The highest BCUT2D eigenvalue weighted by Gasteiger charge is 2.26. The Kier molecular flexibility index (Phi) is 7.25.